The molecule has 0 fully saturated rings. The van der Waals surface area contributed by atoms with Crippen molar-refractivity contribution in [3.63, 3.8) is 0 Å². The molecular formula is C15H22O3S. The minimum Gasteiger partial charge on any atom is -0.385 e. The van der Waals surface area contributed by atoms with Crippen molar-refractivity contribution < 1.29 is 13.5 Å². The Hall–Kier alpha value is -0.870. The molecule has 1 aromatic rings. The minimum absolute atomic E-state index is 0.0110. The van der Waals surface area contributed by atoms with E-state index in [1.54, 1.807) is 6.92 Å². The van der Waals surface area contributed by atoms with E-state index in [4.69, 9.17) is 0 Å². The number of aliphatic hydroxyl groups is 1. The maximum Gasteiger partial charge on any atom is 0.147 e. The average molecular weight is 282 g/mol. The largest absolute Gasteiger partial charge is 0.385 e. The van der Waals surface area contributed by atoms with E-state index in [1.807, 2.05) is 6.07 Å². The Labute approximate surface area is 115 Å². The molecule has 0 saturated heterocycles. The lowest BCUT2D eigenvalue weighted by atomic mass is 9.85. The lowest BCUT2D eigenvalue weighted by Crippen LogP contribution is -2.25. The zero-order valence-corrected chi connectivity index (χ0v) is 12.5. The molecule has 4 heteroatoms. The van der Waals surface area contributed by atoms with Gasteiger partial charge in [-0.3, -0.25) is 0 Å². The van der Waals surface area contributed by atoms with Gasteiger partial charge in [0.05, 0.1) is 11.4 Å². The molecule has 0 radical (unpaired) electrons. The molecule has 0 bridgehead atoms. The molecule has 1 N–H and O–H groups in total. The third-order valence-electron chi connectivity index (χ3n) is 3.93. The fourth-order valence-corrected chi connectivity index (χ4v) is 3.37. The Morgan fingerprint density at radius 3 is 2.47 bits per heavy atom. The summed E-state index contributed by atoms with van der Waals surface area (Å²) >= 11 is 0. The third kappa shape index (κ3) is 3.80. The summed E-state index contributed by atoms with van der Waals surface area (Å²) in [7, 11) is -3.04. The van der Waals surface area contributed by atoms with Crippen LogP contribution >= 0.6 is 0 Å². The lowest BCUT2D eigenvalue weighted by Gasteiger charge is -2.26. The smallest absolute Gasteiger partial charge is 0.147 e. The van der Waals surface area contributed by atoms with E-state index in [0.717, 1.165) is 18.4 Å². The predicted molar refractivity (Wildman–Crippen MR) is 77.0 cm³/mol. The van der Waals surface area contributed by atoms with E-state index in [0.29, 0.717) is 0 Å². The molecule has 1 aliphatic carbocycles. The zero-order valence-electron chi connectivity index (χ0n) is 11.6. The fraction of sp³-hybridized carbons (Fsp3) is 0.600. The van der Waals surface area contributed by atoms with Gasteiger partial charge >= 0.3 is 0 Å². The Morgan fingerprint density at radius 1 is 1.21 bits per heavy atom. The van der Waals surface area contributed by atoms with Crippen LogP contribution < -0.4 is 0 Å². The number of benzene rings is 1. The van der Waals surface area contributed by atoms with Gasteiger partial charge in [-0.25, -0.2) is 8.42 Å². The van der Waals surface area contributed by atoms with Crippen molar-refractivity contribution in [3.05, 3.63) is 34.9 Å². The van der Waals surface area contributed by atoms with Crippen LogP contribution in [0.4, 0.5) is 0 Å². The van der Waals surface area contributed by atoms with Crippen molar-refractivity contribution in [2.75, 3.05) is 12.0 Å². The molecule has 1 atom stereocenters. The van der Waals surface area contributed by atoms with E-state index >= 15 is 0 Å². The van der Waals surface area contributed by atoms with Crippen LogP contribution in [0.3, 0.4) is 0 Å². The lowest BCUT2D eigenvalue weighted by molar-refractivity contribution is 0.0538. The first-order valence-corrected chi connectivity index (χ1v) is 8.86. The molecule has 3 nitrogen and oxygen atoms in total. The summed E-state index contributed by atoms with van der Waals surface area (Å²) < 4.78 is 22.5. The number of fused-ring (bicyclic) bond motifs is 1. The predicted octanol–water partition coefficient (Wildman–Crippen LogP) is 2.21. The molecule has 106 valence electrons. The van der Waals surface area contributed by atoms with Crippen molar-refractivity contribution in [3.8, 4) is 0 Å². The molecule has 1 aliphatic rings. The summed E-state index contributed by atoms with van der Waals surface area (Å²) in [6.07, 6.45) is 6.05. The summed E-state index contributed by atoms with van der Waals surface area (Å²) in [5.74, 6) is 0.0110. The fourth-order valence-electron chi connectivity index (χ4n) is 2.60. The van der Waals surface area contributed by atoms with E-state index in [1.165, 1.54) is 30.2 Å². The topological polar surface area (TPSA) is 54.4 Å². The van der Waals surface area contributed by atoms with Gasteiger partial charge in [-0.15, -0.1) is 0 Å². The highest BCUT2D eigenvalue weighted by atomic mass is 32.2. The van der Waals surface area contributed by atoms with Gasteiger partial charge in [0, 0.05) is 6.26 Å². The van der Waals surface area contributed by atoms with Crippen LogP contribution in [0.15, 0.2) is 18.2 Å². The summed E-state index contributed by atoms with van der Waals surface area (Å²) in [5, 5.41) is 10.5. The molecule has 1 unspecified atom stereocenters. The number of rotatable bonds is 4. The molecule has 0 saturated carbocycles. The molecule has 19 heavy (non-hydrogen) atoms. The Morgan fingerprint density at radius 2 is 1.84 bits per heavy atom. The summed E-state index contributed by atoms with van der Waals surface area (Å²) in [5.41, 5.74) is 2.43. The highest BCUT2D eigenvalue weighted by Gasteiger charge is 2.25. The number of hydrogen-bond donors (Lipinski definition) is 1. The number of sulfone groups is 1. The van der Waals surface area contributed by atoms with Gasteiger partial charge < -0.3 is 5.11 Å². The molecular weight excluding hydrogens is 260 g/mol. The van der Waals surface area contributed by atoms with E-state index in [9.17, 15) is 13.5 Å². The summed E-state index contributed by atoms with van der Waals surface area (Å²) in [6.45, 7) is 1.70. The van der Waals surface area contributed by atoms with Gasteiger partial charge in [-0.1, -0.05) is 18.2 Å². The normalized spacial score (nSPS) is 18.7. The molecule has 0 aromatic heterocycles. The van der Waals surface area contributed by atoms with Crippen molar-refractivity contribution >= 4 is 9.84 Å². The second-order valence-electron chi connectivity index (χ2n) is 5.84. The van der Waals surface area contributed by atoms with Crippen molar-refractivity contribution in [1.29, 1.82) is 0 Å². The number of hydrogen-bond acceptors (Lipinski definition) is 3. The Bertz CT molecular complexity index is 559. The summed E-state index contributed by atoms with van der Waals surface area (Å²) in [4.78, 5) is 0. The van der Waals surface area contributed by atoms with Crippen LogP contribution in [0.25, 0.3) is 0 Å². The highest BCUT2D eigenvalue weighted by Crippen LogP contribution is 2.29. The van der Waals surface area contributed by atoms with Crippen LogP contribution in [0.2, 0.25) is 0 Å². The van der Waals surface area contributed by atoms with Crippen molar-refractivity contribution in [2.24, 2.45) is 0 Å². The van der Waals surface area contributed by atoms with Crippen LogP contribution in [-0.4, -0.2) is 25.5 Å². The van der Waals surface area contributed by atoms with Gasteiger partial charge in [-0.05, 0) is 55.7 Å². The molecule has 0 amide bonds. The van der Waals surface area contributed by atoms with Crippen LogP contribution in [0.5, 0.6) is 0 Å². The molecule has 1 aromatic carbocycles. The SMILES string of the molecule is CC(O)(CCS(C)(=O)=O)c1ccc2c(c1)CCCC2. The Kier molecular flexibility index (Phi) is 4.02. The first-order valence-electron chi connectivity index (χ1n) is 6.80. The zero-order chi connectivity index (χ0) is 14.1. The van der Waals surface area contributed by atoms with Crippen LogP contribution in [0.1, 0.15) is 42.9 Å². The van der Waals surface area contributed by atoms with Gasteiger partial charge in [0.1, 0.15) is 9.84 Å². The number of aryl methyl sites for hydroxylation is 2. The van der Waals surface area contributed by atoms with E-state index < -0.39 is 15.4 Å². The average Bonchev–Trinajstić information content (AvgIpc) is 2.35. The van der Waals surface area contributed by atoms with Gasteiger partial charge in [0.25, 0.3) is 0 Å². The maximum atomic E-state index is 11.2. The van der Waals surface area contributed by atoms with Gasteiger partial charge in [0.2, 0.25) is 0 Å². The minimum atomic E-state index is -3.04. The summed E-state index contributed by atoms with van der Waals surface area (Å²) in [6, 6.07) is 6.07. The third-order valence-corrected chi connectivity index (χ3v) is 4.88. The molecule has 0 spiro atoms. The van der Waals surface area contributed by atoms with Crippen LogP contribution in [0, 0.1) is 0 Å². The standard InChI is InChI=1S/C15H22O3S/c1-15(16,9-10-19(2,17)18)14-8-7-12-5-3-4-6-13(12)11-14/h7-8,11,16H,3-6,9-10H2,1-2H3. The van der Waals surface area contributed by atoms with E-state index in [2.05, 4.69) is 12.1 Å². The van der Waals surface area contributed by atoms with E-state index in [-0.39, 0.29) is 12.2 Å². The molecule has 2 rings (SSSR count). The highest BCUT2D eigenvalue weighted by molar-refractivity contribution is 7.90. The monoisotopic (exact) mass is 282 g/mol. The van der Waals surface area contributed by atoms with Crippen molar-refractivity contribution in [1.82, 2.24) is 0 Å². The van der Waals surface area contributed by atoms with Crippen molar-refractivity contribution in [2.45, 2.75) is 44.6 Å². The van der Waals surface area contributed by atoms with Crippen LogP contribution in [-0.2, 0) is 28.3 Å². The van der Waals surface area contributed by atoms with Gasteiger partial charge in [-0.2, -0.15) is 0 Å². The maximum absolute atomic E-state index is 11.2. The first-order chi connectivity index (χ1) is 8.78. The molecule has 0 aliphatic heterocycles. The second kappa shape index (κ2) is 5.25. The first kappa shape index (κ1) is 14.5. The molecule has 0 heterocycles. The quantitative estimate of drug-likeness (QED) is 0.921. The second-order valence-corrected chi connectivity index (χ2v) is 8.10. The Balaban J connectivity index is 2.20. The van der Waals surface area contributed by atoms with Gasteiger partial charge in [0.15, 0.2) is 0 Å².